The number of nitro benzene ring substituents is 1. The minimum absolute atomic E-state index is 0.0279. The zero-order valence-corrected chi connectivity index (χ0v) is 13.9. The van der Waals surface area contributed by atoms with Gasteiger partial charge in [-0.3, -0.25) is 14.9 Å². The first-order valence-electron chi connectivity index (χ1n) is 7.92. The van der Waals surface area contributed by atoms with Crippen molar-refractivity contribution in [2.75, 3.05) is 18.4 Å². The highest BCUT2D eigenvalue weighted by Crippen LogP contribution is 2.21. The van der Waals surface area contributed by atoms with Crippen molar-refractivity contribution in [3.63, 3.8) is 0 Å². The van der Waals surface area contributed by atoms with Gasteiger partial charge in [-0.1, -0.05) is 36.4 Å². The number of non-ortho nitro benzene ring substituents is 1. The van der Waals surface area contributed by atoms with Gasteiger partial charge in [0.25, 0.3) is 11.6 Å². The molecule has 6 nitrogen and oxygen atoms in total. The third-order valence-corrected chi connectivity index (χ3v) is 3.91. The van der Waals surface area contributed by atoms with Gasteiger partial charge in [0.15, 0.2) is 6.54 Å². The summed E-state index contributed by atoms with van der Waals surface area (Å²) in [6.07, 6.45) is 0. The van der Waals surface area contributed by atoms with Crippen LogP contribution < -0.4 is 10.2 Å². The van der Waals surface area contributed by atoms with E-state index < -0.39 is 4.92 Å². The lowest BCUT2D eigenvalue weighted by molar-refractivity contribution is -0.903. The Morgan fingerprint density at radius 3 is 2.54 bits per heavy atom. The molecule has 0 aliphatic carbocycles. The molecule has 1 unspecified atom stereocenters. The van der Waals surface area contributed by atoms with E-state index in [1.807, 2.05) is 44.2 Å². The van der Waals surface area contributed by atoms with Crippen molar-refractivity contribution in [1.29, 1.82) is 0 Å². The molecular formula is C18H22N3O3+. The topological polar surface area (TPSA) is 76.7 Å². The Labute approximate surface area is 141 Å². The quantitative estimate of drug-likeness (QED) is 0.602. The van der Waals surface area contributed by atoms with E-state index in [4.69, 9.17) is 0 Å². The van der Waals surface area contributed by atoms with Gasteiger partial charge in [-0.2, -0.15) is 0 Å². The second kappa shape index (κ2) is 8.21. The van der Waals surface area contributed by atoms with Crippen LogP contribution in [-0.2, 0) is 11.3 Å². The number of benzene rings is 2. The molecule has 0 radical (unpaired) electrons. The molecule has 126 valence electrons. The molecule has 2 aromatic rings. The van der Waals surface area contributed by atoms with Crippen LogP contribution in [0.3, 0.4) is 0 Å². The largest absolute Gasteiger partial charge is 0.324 e. The van der Waals surface area contributed by atoms with E-state index in [9.17, 15) is 14.9 Å². The third kappa shape index (κ3) is 4.89. The normalized spacial score (nSPS) is 11.8. The van der Waals surface area contributed by atoms with E-state index in [1.165, 1.54) is 17.7 Å². The smallest absolute Gasteiger partial charge is 0.279 e. The van der Waals surface area contributed by atoms with Crippen LogP contribution in [0.1, 0.15) is 18.1 Å². The van der Waals surface area contributed by atoms with Crippen molar-refractivity contribution in [3.8, 4) is 0 Å². The summed E-state index contributed by atoms with van der Waals surface area (Å²) in [5, 5.41) is 13.7. The zero-order valence-electron chi connectivity index (χ0n) is 13.9. The summed E-state index contributed by atoms with van der Waals surface area (Å²) < 4.78 is 0. The van der Waals surface area contributed by atoms with Crippen LogP contribution in [-0.4, -0.2) is 23.9 Å². The average Bonchev–Trinajstić information content (AvgIpc) is 2.57. The van der Waals surface area contributed by atoms with Gasteiger partial charge in [0.05, 0.1) is 17.2 Å². The average molecular weight is 328 g/mol. The minimum Gasteiger partial charge on any atom is -0.324 e. The zero-order chi connectivity index (χ0) is 17.5. The summed E-state index contributed by atoms with van der Waals surface area (Å²) in [4.78, 5) is 23.8. The number of nitrogens with zero attached hydrogens (tertiary/aromatic N) is 1. The number of aryl methyl sites for hydroxylation is 1. The van der Waals surface area contributed by atoms with Crippen molar-refractivity contribution in [3.05, 3.63) is 69.8 Å². The minimum atomic E-state index is -0.464. The van der Waals surface area contributed by atoms with Crippen LogP contribution >= 0.6 is 0 Å². The summed E-state index contributed by atoms with van der Waals surface area (Å²) in [5.74, 6) is -0.147. The van der Waals surface area contributed by atoms with Crippen molar-refractivity contribution < 1.29 is 14.6 Å². The van der Waals surface area contributed by atoms with Gasteiger partial charge in [0.2, 0.25) is 0 Å². The van der Waals surface area contributed by atoms with E-state index in [0.29, 0.717) is 12.2 Å². The summed E-state index contributed by atoms with van der Waals surface area (Å²) >= 11 is 0. The van der Waals surface area contributed by atoms with E-state index in [1.54, 1.807) is 6.07 Å². The number of carbonyl (C=O) groups excluding carboxylic acids is 1. The van der Waals surface area contributed by atoms with E-state index in [-0.39, 0.29) is 11.6 Å². The highest BCUT2D eigenvalue weighted by atomic mass is 16.6. The fraction of sp³-hybridized carbons (Fsp3) is 0.278. The Morgan fingerprint density at radius 1 is 1.21 bits per heavy atom. The molecule has 0 saturated heterocycles. The molecule has 0 spiro atoms. The van der Waals surface area contributed by atoms with Crippen LogP contribution in [0.15, 0.2) is 48.5 Å². The van der Waals surface area contributed by atoms with Crippen LogP contribution in [0.4, 0.5) is 11.4 Å². The number of hydrogen-bond donors (Lipinski definition) is 2. The fourth-order valence-corrected chi connectivity index (χ4v) is 2.48. The van der Waals surface area contributed by atoms with Gasteiger partial charge in [-0.15, -0.1) is 0 Å². The Kier molecular flexibility index (Phi) is 6.03. The maximum Gasteiger partial charge on any atom is 0.279 e. The first kappa shape index (κ1) is 17.6. The Bertz CT molecular complexity index is 717. The van der Waals surface area contributed by atoms with E-state index >= 15 is 0 Å². The highest BCUT2D eigenvalue weighted by molar-refractivity contribution is 5.92. The predicted octanol–water partition coefficient (Wildman–Crippen LogP) is 1.95. The molecule has 1 amide bonds. The Morgan fingerprint density at radius 2 is 1.92 bits per heavy atom. The van der Waals surface area contributed by atoms with Crippen molar-refractivity contribution in [1.82, 2.24) is 0 Å². The lowest BCUT2D eigenvalue weighted by atomic mass is 10.2. The SMILES string of the molecule is CC[NH+](CC(=O)Nc1cc([N+](=O)[O-])ccc1C)Cc1ccccc1. The number of rotatable bonds is 7. The summed E-state index contributed by atoms with van der Waals surface area (Å²) in [6, 6.07) is 14.5. The lowest BCUT2D eigenvalue weighted by Crippen LogP contribution is -3.11. The standard InChI is InChI=1S/C18H21N3O3/c1-3-20(12-15-7-5-4-6-8-15)13-18(22)19-17-11-16(21(23)24)10-9-14(17)2/h4-11H,3,12-13H2,1-2H3,(H,19,22)/p+1. The molecular weight excluding hydrogens is 306 g/mol. The maximum atomic E-state index is 12.3. The first-order chi connectivity index (χ1) is 11.5. The molecule has 0 fully saturated rings. The van der Waals surface area contributed by atoms with Gasteiger partial charge in [0.1, 0.15) is 6.54 Å². The molecule has 0 saturated carbocycles. The van der Waals surface area contributed by atoms with Gasteiger partial charge < -0.3 is 10.2 Å². The van der Waals surface area contributed by atoms with Crippen LogP contribution in [0.5, 0.6) is 0 Å². The van der Waals surface area contributed by atoms with E-state index in [0.717, 1.165) is 23.6 Å². The van der Waals surface area contributed by atoms with Crippen molar-refractivity contribution >= 4 is 17.3 Å². The highest BCUT2D eigenvalue weighted by Gasteiger charge is 2.16. The summed E-state index contributed by atoms with van der Waals surface area (Å²) in [5.41, 5.74) is 2.44. The second-order valence-corrected chi connectivity index (χ2v) is 5.75. The lowest BCUT2D eigenvalue weighted by Gasteiger charge is -2.17. The number of amides is 1. The number of quaternary nitrogens is 1. The molecule has 6 heteroatoms. The van der Waals surface area contributed by atoms with Crippen LogP contribution in [0, 0.1) is 17.0 Å². The Hall–Kier alpha value is -2.73. The molecule has 2 aromatic carbocycles. The van der Waals surface area contributed by atoms with E-state index in [2.05, 4.69) is 5.32 Å². The molecule has 0 aliphatic heterocycles. The first-order valence-corrected chi connectivity index (χ1v) is 7.92. The number of anilines is 1. The fourth-order valence-electron chi connectivity index (χ4n) is 2.48. The van der Waals surface area contributed by atoms with Gasteiger partial charge in [-0.05, 0) is 19.4 Å². The number of hydrogen-bond acceptors (Lipinski definition) is 3. The maximum absolute atomic E-state index is 12.3. The van der Waals surface area contributed by atoms with Crippen LogP contribution in [0.2, 0.25) is 0 Å². The van der Waals surface area contributed by atoms with Gasteiger partial charge in [0, 0.05) is 17.7 Å². The molecule has 0 bridgehead atoms. The molecule has 0 aliphatic rings. The number of carbonyl (C=O) groups is 1. The molecule has 1 atom stereocenters. The molecule has 0 aromatic heterocycles. The number of nitro groups is 1. The van der Waals surface area contributed by atoms with Crippen LogP contribution in [0.25, 0.3) is 0 Å². The van der Waals surface area contributed by atoms with Gasteiger partial charge in [-0.25, -0.2) is 0 Å². The van der Waals surface area contributed by atoms with Gasteiger partial charge >= 0.3 is 0 Å². The summed E-state index contributed by atoms with van der Waals surface area (Å²) in [6.45, 7) is 5.74. The van der Waals surface area contributed by atoms with Crippen molar-refractivity contribution in [2.24, 2.45) is 0 Å². The Balaban J connectivity index is 2.01. The third-order valence-electron chi connectivity index (χ3n) is 3.91. The molecule has 24 heavy (non-hydrogen) atoms. The molecule has 0 heterocycles. The number of likely N-dealkylation sites (N-methyl/N-ethyl adjacent to an activating group) is 1. The monoisotopic (exact) mass is 328 g/mol. The molecule has 2 rings (SSSR count). The molecule has 2 N–H and O–H groups in total. The van der Waals surface area contributed by atoms with Crippen molar-refractivity contribution in [2.45, 2.75) is 20.4 Å². The number of nitrogens with one attached hydrogen (secondary N) is 2. The predicted molar refractivity (Wildman–Crippen MR) is 93.0 cm³/mol. The summed E-state index contributed by atoms with van der Waals surface area (Å²) in [7, 11) is 0. The second-order valence-electron chi connectivity index (χ2n) is 5.75.